The molecule has 1 fully saturated rings. The van der Waals surface area contributed by atoms with Gasteiger partial charge in [-0.1, -0.05) is 6.42 Å². The van der Waals surface area contributed by atoms with Gasteiger partial charge >= 0.3 is 12.1 Å². The van der Waals surface area contributed by atoms with E-state index in [-0.39, 0.29) is 24.1 Å². The van der Waals surface area contributed by atoms with E-state index in [2.05, 4.69) is 15.2 Å². The Bertz CT molecular complexity index is 840. The van der Waals surface area contributed by atoms with Crippen LogP contribution >= 0.6 is 0 Å². The number of hydrogen-bond donors (Lipinski definition) is 1. The lowest BCUT2D eigenvalue weighted by Gasteiger charge is -2.24. The van der Waals surface area contributed by atoms with Gasteiger partial charge in [-0.2, -0.15) is 18.3 Å². The number of amides is 1. The second-order valence-corrected chi connectivity index (χ2v) is 6.20. The Kier molecular flexibility index (Phi) is 5.20. The molecule has 1 N–H and O–H groups in total. The Morgan fingerprint density at radius 3 is 2.44 bits per heavy atom. The first-order chi connectivity index (χ1) is 12.8. The van der Waals surface area contributed by atoms with Crippen molar-refractivity contribution >= 4 is 17.6 Å². The molecule has 0 unspecified atom stereocenters. The van der Waals surface area contributed by atoms with Gasteiger partial charge in [-0.05, 0) is 44.0 Å². The number of aromatic nitrogens is 2. The molecule has 1 amide bonds. The fraction of sp³-hybridized carbons (Fsp3) is 0.389. The smallest absolute Gasteiger partial charge is 0.434 e. The number of ether oxygens (including phenoxy) is 1. The average Bonchev–Trinajstić information content (AvgIpc) is 2.99. The highest BCUT2D eigenvalue weighted by Gasteiger charge is 2.41. The van der Waals surface area contributed by atoms with Gasteiger partial charge in [-0.25, -0.2) is 9.48 Å². The summed E-state index contributed by atoms with van der Waals surface area (Å²) < 4.78 is 45.8. The number of anilines is 1. The van der Waals surface area contributed by atoms with Crippen molar-refractivity contribution < 1.29 is 27.5 Å². The SMILES string of the molecule is CCOC(=O)c1cnn(-c2ccc(NC(=O)C3CCC3)cc2)c1C(F)(F)F. The summed E-state index contributed by atoms with van der Waals surface area (Å²) in [6.07, 6.45) is -1.23. The van der Waals surface area contributed by atoms with Crippen LogP contribution in [0.25, 0.3) is 5.69 Å². The van der Waals surface area contributed by atoms with Crippen molar-refractivity contribution in [2.75, 3.05) is 11.9 Å². The van der Waals surface area contributed by atoms with E-state index in [1.54, 1.807) is 0 Å². The van der Waals surface area contributed by atoms with Crippen molar-refractivity contribution in [2.45, 2.75) is 32.4 Å². The normalized spacial score (nSPS) is 14.5. The summed E-state index contributed by atoms with van der Waals surface area (Å²) in [4.78, 5) is 23.8. The Morgan fingerprint density at radius 2 is 1.93 bits per heavy atom. The molecule has 1 aromatic heterocycles. The molecule has 9 heteroatoms. The number of hydrogen-bond acceptors (Lipinski definition) is 4. The first-order valence-corrected chi connectivity index (χ1v) is 8.55. The van der Waals surface area contributed by atoms with Crippen LogP contribution in [0, 0.1) is 5.92 Å². The lowest BCUT2D eigenvalue weighted by molar-refractivity contribution is -0.143. The number of rotatable bonds is 5. The molecule has 0 radical (unpaired) electrons. The molecule has 2 aromatic rings. The summed E-state index contributed by atoms with van der Waals surface area (Å²) in [5.41, 5.74) is -1.25. The van der Waals surface area contributed by atoms with Gasteiger partial charge in [0, 0.05) is 11.6 Å². The predicted molar refractivity (Wildman–Crippen MR) is 90.5 cm³/mol. The lowest BCUT2D eigenvalue weighted by atomic mass is 9.85. The molecule has 0 spiro atoms. The van der Waals surface area contributed by atoms with Crippen LogP contribution in [0.2, 0.25) is 0 Å². The predicted octanol–water partition coefficient (Wildman–Crippen LogP) is 3.81. The molecule has 1 aromatic carbocycles. The molecule has 3 rings (SSSR count). The van der Waals surface area contributed by atoms with Crippen LogP contribution < -0.4 is 5.32 Å². The van der Waals surface area contributed by atoms with Crippen molar-refractivity contribution in [3.05, 3.63) is 41.7 Å². The Balaban J connectivity index is 1.87. The summed E-state index contributed by atoms with van der Waals surface area (Å²) in [6, 6.07) is 5.79. The highest BCUT2D eigenvalue weighted by atomic mass is 19.4. The maximum Gasteiger partial charge on any atom is 0.434 e. The van der Waals surface area contributed by atoms with Crippen molar-refractivity contribution in [1.29, 1.82) is 0 Å². The molecule has 144 valence electrons. The van der Waals surface area contributed by atoms with E-state index < -0.39 is 23.4 Å². The summed E-state index contributed by atoms with van der Waals surface area (Å²) in [5, 5.41) is 6.45. The van der Waals surface area contributed by atoms with Crippen LogP contribution in [0.1, 0.15) is 42.2 Å². The van der Waals surface area contributed by atoms with E-state index in [0.717, 1.165) is 25.5 Å². The minimum Gasteiger partial charge on any atom is -0.462 e. The largest absolute Gasteiger partial charge is 0.462 e. The summed E-state index contributed by atoms with van der Waals surface area (Å²) in [5.74, 6) is -1.17. The number of carbonyl (C=O) groups is 2. The molecule has 0 saturated heterocycles. The maximum absolute atomic E-state index is 13.5. The molecule has 1 aliphatic rings. The van der Waals surface area contributed by atoms with E-state index in [0.29, 0.717) is 10.4 Å². The zero-order valence-electron chi connectivity index (χ0n) is 14.5. The van der Waals surface area contributed by atoms with Gasteiger partial charge in [-0.3, -0.25) is 4.79 Å². The quantitative estimate of drug-likeness (QED) is 0.800. The van der Waals surface area contributed by atoms with Crippen molar-refractivity contribution in [1.82, 2.24) is 9.78 Å². The minimum absolute atomic E-state index is 0.000222. The minimum atomic E-state index is -4.80. The van der Waals surface area contributed by atoms with Crippen LogP contribution in [-0.4, -0.2) is 28.3 Å². The molecule has 1 aliphatic carbocycles. The van der Waals surface area contributed by atoms with Crippen LogP contribution in [-0.2, 0) is 15.7 Å². The van der Waals surface area contributed by atoms with Crippen LogP contribution in [0.4, 0.5) is 18.9 Å². The van der Waals surface area contributed by atoms with Crippen molar-refractivity contribution in [2.24, 2.45) is 5.92 Å². The third kappa shape index (κ3) is 3.96. The molecule has 6 nitrogen and oxygen atoms in total. The van der Waals surface area contributed by atoms with E-state index in [1.807, 2.05) is 0 Å². The second kappa shape index (κ2) is 7.42. The van der Waals surface area contributed by atoms with Gasteiger partial charge in [0.1, 0.15) is 5.56 Å². The molecule has 0 bridgehead atoms. The molecule has 0 aliphatic heterocycles. The summed E-state index contributed by atoms with van der Waals surface area (Å²) in [6.45, 7) is 1.46. The van der Waals surface area contributed by atoms with Crippen LogP contribution in [0.3, 0.4) is 0 Å². The van der Waals surface area contributed by atoms with Gasteiger partial charge in [-0.15, -0.1) is 0 Å². The zero-order valence-corrected chi connectivity index (χ0v) is 14.5. The fourth-order valence-electron chi connectivity index (χ4n) is 2.78. The number of carbonyl (C=O) groups excluding carboxylic acids is 2. The molecule has 1 heterocycles. The average molecular weight is 381 g/mol. The van der Waals surface area contributed by atoms with Gasteiger partial charge in [0.2, 0.25) is 5.91 Å². The standard InChI is InChI=1S/C18H18F3N3O3/c1-2-27-17(26)14-10-22-24(15(14)18(19,20)21)13-8-6-12(7-9-13)23-16(25)11-4-3-5-11/h6-11H,2-5H2,1H3,(H,23,25). The molecule has 27 heavy (non-hydrogen) atoms. The number of alkyl halides is 3. The lowest BCUT2D eigenvalue weighted by Crippen LogP contribution is -2.28. The van der Waals surface area contributed by atoms with Gasteiger partial charge in [0.05, 0.1) is 18.5 Å². The van der Waals surface area contributed by atoms with Crippen molar-refractivity contribution in [3.63, 3.8) is 0 Å². The van der Waals surface area contributed by atoms with Gasteiger partial charge < -0.3 is 10.1 Å². The zero-order chi connectivity index (χ0) is 19.6. The van der Waals surface area contributed by atoms with Gasteiger partial charge in [0.15, 0.2) is 5.69 Å². The number of nitrogens with one attached hydrogen (secondary N) is 1. The Labute approximate surface area is 153 Å². The molecular weight excluding hydrogens is 363 g/mol. The number of nitrogens with zero attached hydrogens (tertiary/aromatic N) is 2. The van der Waals surface area contributed by atoms with Gasteiger partial charge in [0.25, 0.3) is 0 Å². The fourth-order valence-corrected chi connectivity index (χ4v) is 2.78. The number of esters is 1. The molecule has 0 atom stereocenters. The van der Waals surface area contributed by atoms with Crippen LogP contribution in [0.5, 0.6) is 0 Å². The van der Waals surface area contributed by atoms with Crippen LogP contribution in [0.15, 0.2) is 30.5 Å². The van der Waals surface area contributed by atoms with E-state index in [9.17, 15) is 22.8 Å². The van der Waals surface area contributed by atoms with E-state index in [4.69, 9.17) is 0 Å². The first-order valence-electron chi connectivity index (χ1n) is 8.55. The highest BCUT2D eigenvalue weighted by Crippen LogP contribution is 2.34. The third-order valence-corrected chi connectivity index (χ3v) is 4.39. The topological polar surface area (TPSA) is 73.2 Å². The molecule has 1 saturated carbocycles. The van der Waals surface area contributed by atoms with Crippen molar-refractivity contribution in [3.8, 4) is 5.69 Å². The second-order valence-electron chi connectivity index (χ2n) is 6.20. The number of benzene rings is 1. The third-order valence-electron chi connectivity index (χ3n) is 4.39. The number of halogens is 3. The highest BCUT2D eigenvalue weighted by molar-refractivity contribution is 5.93. The monoisotopic (exact) mass is 381 g/mol. The molecular formula is C18H18F3N3O3. The summed E-state index contributed by atoms with van der Waals surface area (Å²) in [7, 11) is 0. The Hall–Kier alpha value is -2.84. The Morgan fingerprint density at radius 1 is 1.26 bits per heavy atom. The van der Waals surface area contributed by atoms with E-state index in [1.165, 1.54) is 31.2 Å². The summed E-state index contributed by atoms with van der Waals surface area (Å²) >= 11 is 0. The first kappa shape index (κ1) is 18.9. The van der Waals surface area contributed by atoms with E-state index >= 15 is 0 Å². The maximum atomic E-state index is 13.5.